The first-order chi connectivity index (χ1) is 22.4. The summed E-state index contributed by atoms with van der Waals surface area (Å²) >= 11 is 0. The van der Waals surface area contributed by atoms with Gasteiger partial charge >= 0.3 is 12.1 Å². The van der Waals surface area contributed by atoms with Crippen molar-refractivity contribution in [2.75, 3.05) is 31.1 Å². The number of piperazine rings is 1. The topological polar surface area (TPSA) is 121 Å². The van der Waals surface area contributed by atoms with Crippen LogP contribution in [0.5, 0.6) is 5.75 Å². The van der Waals surface area contributed by atoms with Gasteiger partial charge in [-0.15, -0.1) is 0 Å². The number of anilines is 1. The van der Waals surface area contributed by atoms with Gasteiger partial charge in [-0.1, -0.05) is 30.3 Å². The molecule has 2 aliphatic rings. The van der Waals surface area contributed by atoms with Crippen molar-refractivity contribution in [3.05, 3.63) is 89.9 Å². The number of benzene rings is 2. The Kier molecular flexibility index (Phi) is 10.4. The van der Waals surface area contributed by atoms with Crippen molar-refractivity contribution in [3.8, 4) is 5.75 Å². The van der Waals surface area contributed by atoms with Crippen LogP contribution in [0.2, 0.25) is 0 Å². The minimum Gasteiger partial charge on any atom is -0.458 e. The second-order valence-electron chi connectivity index (χ2n) is 12.7. The highest BCUT2D eigenvalue weighted by atomic mass is 19.1. The number of aromatic nitrogens is 1. The summed E-state index contributed by atoms with van der Waals surface area (Å²) in [6.07, 6.45) is 1.89. The fourth-order valence-corrected chi connectivity index (χ4v) is 5.58. The van der Waals surface area contributed by atoms with Gasteiger partial charge in [-0.2, -0.15) is 0 Å². The van der Waals surface area contributed by atoms with Crippen molar-refractivity contribution < 1.29 is 33.0 Å². The fraction of sp³-hybridized carbons (Fsp3) is 0.400. The minimum absolute atomic E-state index is 0.114. The van der Waals surface area contributed by atoms with Crippen LogP contribution in [-0.2, 0) is 32.1 Å². The maximum Gasteiger partial charge on any atom is 0.415 e. The lowest BCUT2D eigenvalue weighted by atomic mass is 10.0. The highest BCUT2D eigenvalue weighted by Crippen LogP contribution is 2.23. The summed E-state index contributed by atoms with van der Waals surface area (Å²) in [5, 5.41) is 2.81. The van der Waals surface area contributed by atoms with Gasteiger partial charge in [-0.25, -0.2) is 19.0 Å². The molecule has 2 aromatic carbocycles. The fourth-order valence-electron chi connectivity index (χ4n) is 5.58. The Hall–Kier alpha value is -5.00. The zero-order chi connectivity index (χ0) is 33.6. The van der Waals surface area contributed by atoms with Gasteiger partial charge in [0, 0.05) is 51.8 Å². The molecule has 5 rings (SSSR count). The lowest BCUT2D eigenvalue weighted by molar-refractivity contribution is -0.159. The molecule has 0 aliphatic carbocycles. The number of pyridine rings is 1. The summed E-state index contributed by atoms with van der Waals surface area (Å²) in [7, 11) is 0. The molecule has 12 heteroatoms. The lowest BCUT2D eigenvalue weighted by Gasteiger charge is -2.34. The predicted octanol–water partition coefficient (Wildman–Crippen LogP) is 4.10. The van der Waals surface area contributed by atoms with Crippen LogP contribution in [0.15, 0.2) is 72.9 Å². The highest BCUT2D eigenvalue weighted by molar-refractivity contribution is 5.93. The quantitative estimate of drug-likeness (QED) is 0.346. The van der Waals surface area contributed by atoms with E-state index in [4.69, 9.17) is 9.47 Å². The molecular weight excluding hydrogens is 605 g/mol. The summed E-state index contributed by atoms with van der Waals surface area (Å²) in [5.41, 5.74) is 0.602. The molecule has 11 nitrogen and oxygen atoms in total. The average Bonchev–Trinajstić information content (AvgIpc) is 3.41. The average molecular weight is 646 g/mol. The first-order valence-corrected chi connectivity index (χ1v) is 15.7. The van der Waals surface area contributed by atoms with Gasteiger partial charge in [-0.05, 0) is 74.7 Å². The number of hydrogen-bond acceptors (Lipinski definition) is 8. The molecule has 2 aliphatic heterocycles. The molecule has 1 N–H and O–H groups in total. The number of halogens is 1. The molecule has 47 heavy (non-hydrogen) atoms. The van der Waals surface area contributed by atoms with Crippen LogP contribution >= 0.6 is 0 Å². The van der Waals surface area contributed by atoms with Gasteiger partial charge in [0.25, 0.3) is 0 Å². The lowest BCUT2D eigenvalue weighted by Crippen LogP contribution is -2.52. The number of hydrogen-bond donors (Lipinski definition) is 1. The van der Waals surface area contributed by atoms with Gasteiger partial charge in [0.15, 0.2) is 0 Å². The van der Waals surface area contributed by atoms with Crippen molar-refractivity contribution in [1.29, 1.82) is 0 Å². The zero-order valence-corrected chi connectivity index (χ0v) is 26.9. The Morgan fingerprint density at radius 1 is 0.957 bits per heavy atom. The smallest absolute Gasteiger partial charge is 0.415 e. The van der Waals surface area contributed by atoms with Crippen LogP contribution in [0.1, 0.15) is 44.7 Å². The van der Waals surface area contributed by atoms with Gasteiger partial charge in [0.05, 0.1) is 0 Å². The van der Waals surface area contributed by atoms with Crippen LogP contribution in [0.4, 0.5) is 15.0 Å². The van der Waals surface area contributed by atoms with Crippen LogP contribution in [-0.4, -0.2) is 82.5 Å². The maximum absolute atomic E-state index is 13.5. The predicted molar refractivity (Wildman–Crippen MR) is 172 cm³/mol. The van der Waals surface area contributed by atoms with E-state index in [1.807, 2.05) is 18.2 Å². The molecule has 248 valence electrons. The summed E-state index contributed by atoms with van der Waals surface area (Å²) in [6, 6.07) is 16.4. The van der Waals surface area contributed by atoms with E-state index in [-0.39, 0.29) is 25.3 Å². The first kappa shape index (κ1) is 33.4. The molecule has 0 spiro atoms. The number of carbonyl (C=O) groups is 4. The van der Waals surface area contributed by atoms with Crippen molar-refractivity contribution in [1.82, 2.24) is 20.1 Å². The molecule has 2 atom stereocenters. The third-order valence-corrected chi connectivity index (χ3v) is 7.98. The number of likely N-dealkylation sites (tertiary alicyclic amines) is 1. The van der Waals surface area contributed by atoms with E-state index >= 15 is 0 Å². The van der Waals surface area contributed by atoms with Crippen LogP contribution < -0.4 is 15.0 Å². The van der Waals surface area contributed by atoms with Crippen molar-refractivity contribution in [3.63, 3.8) is 0 Å². The summed E-state index contributed by atoms with van der Waals surface area (Å²) in [6.45, 7) is 7.65. The third-order valence-electron chi connectivity index (χ3n) is 7.98. The normalized spacial score (nSPS) is 17.3. The van der Waals surface area contributed by atoms with Crippen molar-refractivity contribution in [2.24, 2.45) is 0 Å². The molecule has 3 amide bonds. The van der Waals surface area contributed by atoms with Crippen molar-refractivity contribution in [2.45, 2.75) is 64.3 Å². The summed E-state index contributed by atoms with van der Waals surface area (Å²) < 4.78 is 24.6. The minimum atomic E-state index is -1.03. The van der Waals surface area contributed by atoms with Gasteiger partial charge < -0.3 is 29.5 Å². The van der Waals surface area contributed by atoms with E-state index in [0.717, 1.165) is 5.82 Å². The van der Waals surface area contributed by atoms with E-state index in [1.165, 1.54) is 17.0 Å². The first-order valence-electron chi connectivity index (χ1n) is 15.7. The Labute approximate surface area is 273 Å². The molecule has 0 unspecified atom stereocenters. The molecule has 1 aromatic heterocycles. The van der Waals surface area contributed by atoms with Gasteiger partial charge in [0.1, 0.15) is 35.1 Å². The molecule has 0 radical (unpaired) electrons. The number of nitrogens with zero attached hydrogens (tertiary/aromatic N) is 4. The molecule has 2 saturated heterocycles. The Bertz CT molecular complexity index is 1550. The molecular formula is C35H40FN5O6. The van der Waals surface area contributed by atoms with Crippen LogP contribution in [0, 0.1) is 5.82 Å². The van der Waals surface area contributed by atoms with E-state index in [2.05, 4.69) is 15.2 Å². The second kappa shape index (κ2) is 14.6. The van der Waals surface area contributed by atoms with Gasteiger partial charge in [0.2, 0.25) is 11.8 Å². The number of amides is 3. The SMILES string of the molecule is CC(C)(C)OC(=O)[C@H](Cc1ccc(OC(=O)N2CCN(c3ccccn3)CC2)cc1)NC(=O)[C@@H]1CCC(=O)N1Cc1ccc(F)cc1. The largest absolute Gasteiger partial charge is 0.458 e. The maximum atomic E-state index is 13.5. The molecule has 3 heterocycles. The van der Waals surface area contributed by atoms with E-state index < -0.39 is 41.5 Å². The Morgan fingerprint density at radius 3 is 2.28 bits per heavy atom. The highest BCUT2D eigenvalue weighted by Gasteiger charge is 2.38. The van der Waals surface area contributed by atoms with Gasteiger partial charge in [-0.3, -0.25) is 9.59 Å². The zero-order valence-electron chi connectivity index (χ0n) is 26.9. The van der Waals surface area contributed by atoms with Crippen LogP contribution in [0.3, 0.4) is 0 Å². The second-order valence-corrected chi connectivity index (χ2v) is 12.7. The molecule has 0 bridgehead atoms. The van der Waals surface area contributed by atoms with E-state index in [0.29, 0.717) is 49.5 Å². The monoisotopic (exact) mass is 645 g/mol. The van der Waals surface area contributed by atoms with Crippen LogP contribution in [0.25, 0.3) is 0 Å². The number of nitrogens with one attached hydrogen (secondary N) is 1. The molecule has 3 aromatic rings. The number of carbonyl (C=O) groups excluding carboxylic acids is 4. The Balaban J connectivity index is 1.20. The van der Waals surface area contributed by atoms with Crippen molar-refractivity contribution >= 4 is 29.7 Å². The molecule has 2 fully saturated rings. The Morgan fingerprint density at radius 2 is 1.64 bits per heavy atom. The number of esters is 1. The number of rotatable bonds is 9. The third kappa shape index (κ3) is 9.05. The number of ether oxygens (including phenoxy) is 2. The summed E-state index contributed by atoms with van der Waals surface area (Å²) in [5.74, 6) is -0.440. The standard InChI is InChI=1S/C35H40FN5O6/c1-35(2,3)47-33(44)28(38-32(43)29-15-16-31(42)41(29)23-25-7-11-26(36)12-8-25)22-24-9-13-27(14-10-24)46-34(45)40-20-18-39(19-21-40)30-6-4-5-17-37-30/h4-14,17,28-29H,15-16,18-23H2,1-3H3,(H,38,43)/t28-,29-/m0/s1. The molecule has 0 saturated carbocycles. The van der Waals surface area contributed by atoms with E-state index in [1.54, 1.807) is 68.3 Å². The van der Waals surface area contributed by atoms with E-state index in [9.17, 15) is 23.6 Å². The summed E-state index contributed by atoms with van der Waals surface area (Å²) in [4.78, 5) is 61.9.